The predicted molar refractivity (Wildman–Crippen MR) is 115 cm³/mol. The van der Waals surface area contributed by atoms with Crippen molar-refractivity contribution in [2.24, 2.45) is 5.92 Å². The van der Waals surface area contributed by atoms with Crippen molar-refractivity contribution >= 4 is 17.8 Å². The highest BCUT2D eigenvalue weighted by Crippen LogP contribution is 2.33. The van der Waals surface area contributed by atoms with Gasteiger partial charge in [0.2, 0.25) is 12.7 Å². The number of hydrogen-bond acceptors (Lipinski definition) is 6. The lowest BCUT2D eigenvalue weighted by atomic mass is 9.83. The minimum atomic E-state index is -0.825. The highest BCUT2D eigenvalue weighted by atomic mass is 16.7. The van der Waals surface area contributed by atoms with Crippen LogP contribution in [0.2, 0.25) is 0 Å². The number of nitrogens with zero attached hydrogens (tertiary/aromatic N) is 2. The molecular formula is C23H30N4O5. The van der Waals surface area contributed by atoms with Crippen LogP contribution in [0.4, 0.5) is 4.79 Å². The highest BCUT2D eigenvalue weighted by Gasteiger charge is 2.39. The van der Waals surface area contributed by atoms with Gasteiger partial charge < -0.3 is 25.0 Å². The van der Waals surface area contributed by atoms with Gasteiger partial charge in [0.25, 0.3) is 5.91 Å². The normalized spacial score (nSPS) is 27.2. The summed E-state index contributed by atoms with van der Waals surface area (Å²) in [5, 5.41) is 5.68. The van der Waals surface area contributed by atoms with Crippen LogP contribution in [0, 0.1) is 5.92 Å². The third-order valence-corrected chi connectivity index (χ3v) is 7.06. The Bertz CT molecular complexity index is 904. The maximum absolute atomic E-state index is 12.8. The molecule has 9 nitrogen and oxygen atoms in total. The van der Waals surface area contributed by atoms with E-state index in [-0.39, 0.29) is 31.6 Å². The molecule has 3 saturated heterocycles. The SMILES string of the molecule is O=C(C[C@@H]1NC(=O)N(Cc2ccc3c(c2)OCO3)C1=O)NC[C@@H]1CCCN2CCCCC12. The Morgan fingerprint density at radius 1 is 1.09 bits per heavy atom. The zero-order chi connectivity index (χ0) is 22.1. The fourth-order valence-electron chi connectivity index (χ4n) is 5.40. The molecule has 1 aromatic rings. The fourth-order valence-corrected chi connectivity index (χ4v) is 5.40. The first-order valence-electron chi connectivity index (χ1n) is 11.6. The summed E-state index contributed by atoms with van der Waals surface area (Å²) in [6.07, 6.45) is 5.98. The highest BCUT2D eigenvalue weighted by molar-refractivity contribution is 6.05. The number of piperidine rings is 2. The molecule has 0 spiro atoms. The fraction of sp³-hybridized carbons (Fsp3) is 0.609. The van der Waals surface area contributed by atoms with E-state index < -0.39 is 12.1 Å². The van der Waals surface area contributed by atoms with Crippen molar-refractivity contribution < 1.29 is 23.9 Å². The molecule has 32 heavy (non-hydrogen) atoms. The molecule has 2 N–H and O–H groups in total. The largest absolute Gasteiger partial charge is 0.454 e. The number of benzene rings is 1. The number of fused-ring (bicyclic) bond motifs is 2. The van der Waals surface area contributed by atoms with Gasteiger partial charge >= 0.3 is 6.03 Å². The Balaban J connectivity index is 1.13. The molecule has 4 amide bonds. The molecule has 1 unspecified atom stereocenters. The second-order valence-electron chi connectivity index (χ2n) is 9.12. The average molecular weight is 443 g/mol. The average Bonchev–Trinajstić information content (AvgIpc) is 3.37. The molecule has 0 bridgehead atoms. The molecule has 5 rings (SSSR count). The van der Waals surface area contributed by atoms with Crippen LogP contribution in [0.5, 0.6) is 11.5 Å². The van der Waals surface area contributed by atoms with Gasteiger partial charge in [0.1, 0.15) is 6.04 Å². The zero-order valence-corrected chi connectivity index (χ0v) is 18.2. The summed E-state index contributed by atoms with van der Waals surface area (Å²) >= 11 is 0. The molecule has 3 fully saturated rings. The van der Waals surface area contributed by atoms with Crippen molar-refractivity contribution in [1.29, 1.82) is 0 Å². The lowest BCUT2D eigenvalue weighted by Crippen LogP contribution is -2.51. The zero-order valence-electron chi connectivity index (χ0n) is 18.2. The lowest BCUT2D eigenvalue weighted by Gasteiger charge is -2.44. The first kappa shape index (κ1) is 21.1. The Labute approximate surface area is 187 Å². The Morgan fingerprint density at radius 3 is 2.84 bits per heavy atom. The minimum absolute atomic E-state index is 0.0384. The predicted octanol–water partition coefficient (Wildman–Crippen LogP) is 1.61. The van der Waals surface area contributed by atoms with Crippen molar-refractivity contribution in [1.82, 2.24) is 20.4 Å². The van der Waals surface area contributed by atoms with Crippen molar-refractivity contribution in [3.63, 3.8) is 0 Å². The Hall–Kier alpha value is -2.81. The standard InChI is InChI=1S/C23H30N4O5/c28-21(24-12-16-4-3-9-26-8-2-1-5-18(16)26)11-17-22(29)27(23(30)25-17)13-15-6-7-19-20(10-15)32-14-31-19/h6-7,10,16-18H,1-5,8-9,11-14H2,(H,24,28)(H,25,30)/t16-,17-,18?/m0/s1. The summed E-state index contributed by atoms with van der Waals surface area (Å²) in [7, 11) is 0. The first-order chi connectivity index (χ1) is 15.6. The molecule has 9 heteroatoms. The molecule has 3 atom stereocenters. The number of carbonyl (C=O) groups excluding carboxylic acids is 3. The van der Waals surface area contributed by atoms with Crippen LogP contribution in [0.3, 0.4) is 0 Å². The molecule has 4 heterocycles. The molecule has 172 valence electrons. The van der Waals surface area contributed by atoms with Gasteiger partial charge in [-0.15, -0.1) is 0 Å². The number of amides is 4. The van der Waals surface area contributed by atoms with Crippen molar-refractivity contribution in [2.45, 2.75) is 57.2 Å². The van der Waals surface area contributed by atoms with Gasteiger partial charge in [-0.25, -0.2) is 4.79 Å². The van der Waals surface area contributed by atoms with Crippen LogP contribution >= 0.6 is 0 Å². The van der Waals surface area contributed by atoms with Gasteiger partial charge in [0.05, 0.1) is 13.0 Å². The van der Waals surface area contributed by atoms with Crippen LogP contribution in [-0.4, -0.2) is 66.2 Å². The van der Waals surface area contributed by atoms with Gasteiger partial charge in [-0.3, -0.25) is 14.5 Å². The number of urea groups is 1. The molecule has 4 aliphatic heterocycles. The lowest BCUT2D eigenvalue weighted by molar-refractivity contribution is -0.131. The minimum Gasteiger partial charge on any atom is -0.454 e. The number of hydrogen-bond donors (Lipinski definition) is 2. The van der Waals surface area contributed by atoms with Gasteiger partial charge in [-0.05, 0) is 62.4 Å². The van der Waals surface area contributed by atoms with Crippen molar-refractivity contribution in [3.05, 3.63) is 23.8 Å². The third-order valence-electron chi connectivity index (χ3n) is 7.06. The van der Waals surface area contributed by atoms with E-state index >= 15 is 0 Å². The third kappa shape index (κ3) is 4.26. The molecular weight excluding hydrogens is 412 g/mol. The number of rotatable bonds is 6. The summed E-state index contributed by atoms with van der Waals surface area (Å²) in [6.45, 7) is 3.25. The van der Waals surface area contributed by atoms with E-state index in [1.54, 1.807) is 18.2 Å². The van der Waals surface area contributed by atoms with Gasteiger partial charge in [0, 0.05) is 12.6 Å². The Morgan fingerprint density at radius 2 is 1.94 bits per heavy atom. The van der Waals surface area contributed by atoms with E-state index in [1.165, 1.54) is 25.7 Å². The molecule has 0 radical (unpaired) electrons. The number of carbonyl (C=O) groups is 3. The van der Waals surface area contributed by atoms with E-state index in [2.05, 4.69) is 15.5 Å². The summed E-state index contributed by atoms with van der Waals surface area (Å²) < 4.78 is 10.7. The molecule has 0 saturated carbocycles. The second kappa shape index (κ2) is 8.97. The van der Waals surface area contributed by atoms with E-state index in [0.29, 0.717) is 30.0 Å². The van der Waals surface area contributed by atoms with Crippen LogP contribution < -0.4 is 20.1 Å². The molecule has 4 aliphatic rings. The summed E-state index contributed by atoms with van der Waals surface area (Å²) in [5.74, 6) is 1.14. The van der Waals surface area contributed by atoms with E-state index in [1.807, 2.05) is 0 Å². The van der Waals surface area contributed by atoms with Crippen molar-refractivity contribution in [3.8, 4) is 11.5 Å². The van der Waals surface area contributed by atoms with Gasteiger partial charge in [-0.2, -0.15) is 0 Å². The van der Waals surface area contributed by atoms with E-state index in [4.69, 9.17) is 9.47 Å². The summed E-state index contributed by atoms with van der Waals surface area (Å²) in [5.41, 5.74) is 0.761. The molecule has 1 aromatic carbocycles. The topological polar surface area (TPSA) is 100 Å². The van der Waals surface area contributed by atoms with Gasteiger partial charge in [0.15, 0.2) is 11.5 Å². The monoisotopic (exact) mass is 442 g/mol. The number of imide groups is 1. The van der Waals surface area contributed by atoms with Crippen molar-refractivity contribution in [2.75, 3.05) is 26.4 Å². The van der Waals surface area contributed by atoms with Gasteiger partial charge in [-0.1, -0.05) is 12.5 Å². The second-order valence-corrected chi connectivity index (χ2v) is 9.12. The van der Waals surface area contributed by atoms with E-state index in [9.17, 15) is 14.4 Å². The van der Waals surface area contributed by atoms with Crippen LogP contribution in [0.25, 0.3) is 0 Å². The quantitative estimate of drug-likeness (QED) is 0.650. The molecule has 0 aliphatic carbocycles. The first-order valence-corrected chi connectivity index (χ1v) is 11.6. The summed E-state index contributed by atoms with van der Waals surface area (Å²) in [6, 6.07) is 4.58. The Kier molecular flexibility index (Phi) is 5.91. The maximum atomic E-state index is 12.8. The van der Waals surface area contributed by atoms with E-state index in [0.717, 1.165) is 30.0 Å². The van der Waals surface area contributed by atoms with Crippen LogP contribution in [0.15, 0.2) is 18.2 Å². The molecule has 0 aromatic heterocycles. The summed E-state index contributed by atoms with van der Waals surface area (Å²) in [4.78, 5) is 41.4. The van der Waals surface area contributed by atoms with Crippen LogP contribution in [-0.2, 0) is 16.1 Å². The smallest absolute Gasteiger partial charge is 0.325 e. The number of nitrogens with one attached hydrogen (secondary N) is 2. The van der Waals surface area contributed by atoms with Crippen LogP contribution in [0.1, 0.15) is 44.1 Å². The maximum Gasteiger partial charge on any atom is 0.325 e. The number of ether oxygens (including phenoxy) is 2.